The normalized spacial score (nSPS) is 12.8. The van der Waals surface area contributed by atoms with Gasteiger partial charge in [0.1, 0.15) is 0 Å². The Labute approximate surface area is 146 Å². The summed E-state index contributed by atoms with van der Waals surface area (Å²) in [6.07, 6.45) is 6.96. The molecule has 136 valence electrons. The fourth-order valence-corrected chi connectivity index (χ4v) is 1.97. The van der Waals surface area contributed by atoms with Crippen molar-refractivity contribution in [1.29, 1.82) is 0 Å². The summed E-state index contributed by atoms with van der Waals surface area (Å²) >= 11 is 0. The predicted molar refractivity (Wildman–Crippen MR) is 93.0 cm³/mol. The van der Waals surface area contributed by atoms with Crippen LogP contribution in [0.3, 0.4) is 0 Å². The van der Waals surface area contributed by atoms with Gasteiger partial charge in [0.2, 0.25) is 0 Å². The number of ether oxygens (including phenoxy) is 1. The van der Waals surface area contributed by atoms with Gasteiger partial charge in [-0.15, -0.1) is 0 Å². The molecule has 9 heteroatoms. The molecule has 0 radical (unpaired) electrons. The minimum Gasteiger partial charge on any atom is -0.405 e. The van der Waals surface area contributed by atoms with Crippen molar-refractivity contribution >= 4 is 11.8 Å². The largest absolute Gasteiger partial charge is 0.405 e. The van der Waals surface area contributed by atoms with E-state index in [1.54, 1.807) is 6.07 Å². The average molecular weight is 348 g/mol. The van der Waals surface area contributed by atoms with Gasteiger partial charge in [0.15, 0.2) is 0 Å². The Kier molecular flexibility index (Phi) is 9.31. The molecule has 6 N–H and O–H groups in total. The number of aromatic nitrogens is 2. The van der Waals surface area contributed by atoms with Crippen molar-refractivity contribution in [3.63, 3.8) is 0 Å². The van der Waals surface area contributed by atoms with Gasteiger partial charge in [-0.1, -0.05) is 0 Å². The van der Waals surface area contributed by atoms with Crippen LogP contribution in [0.5, 0.6) is 0 Å². The van der Waals surface area contributed by atoms with Crippen molar-refractivity contribution in [2.75, 3.05) is 19.7 Å². The molecule has 0 bridgehead atoms. The highest BCUT2D eigenvalue weighted by Crippen LogP contribution is 2.00. The maximum absolute atomic E-state index is 12.0. The lowest BCUT2D eigenvalue weighted by Gasteiger charge is -2.18. The summed E-state index contributed by atoms with van der Waals surface area (Å²) in [4.78, 5) is 23.9. The van der Waals surface area contributed by atoms with Gasteiger partial charge in [-0.25, -0.2) is 0 Å². The van der Waals surface area contributed by atoms with E-state index in [9.17, 15) is 9.59 Å². The highest BCUT2D eigenvalue weighted by Gasteiger charge is 2.13. The van der Waals surface area contributed by atoms with Crippen LogP contribution in [0.2, 0.25) is 0 Å². The topological polar surface area (TPSA) is 145 Å². The molecule has 0 aliphatic carbocycles. The maximum atomic E-state index is 12.0. The second-order valence-corrected chi connectivity index (χ2v) is 4.94. The fourth-order valence-electron chi connectivity index (χ4n) is 1.97. The molecular weight excluding hydrogens is 324 g/mol. The Hall–Kier alpha value is -2.94. The number of hydrogen-bond donors (Lipinski definition) is 4. The summed E-state index contributed by atoms with van der Waals surface area (Å²) in [5.74, 6) is -0.587. The van der Waals surface area contributed by atoms with Crippen LogP contribution < -0.4 is 22.1 Å². The van der Waals surface area contributed by atoms with E-state index in [4.69, 9.17) is 16.2 Å². The number of rotatable bonds is 10. The van der Waals surface area contributed by atoms with Crippen molar-refractivity contribution in [2.45, 2.75) is 19.4 Å². The molecule has 1 heterocycles. The summed E-state index contributed by atoms with van der Waals surface area (Å²) in [6.45, 7) is 3.04. The molecule has 1 aromatic rings. The molecule has 0 saturated heterocycles. The lowest BCUT2D eigenvalue weighted by atomic mass is 10.2. The van der Waals surface area contributed by atoms with E-state index in [1.807, 2.05) is 6.92 Å². The average Bonchev–Trinajstić information content (AvgIpc) is 2.64. The molecule has 0 spiro atoms. The molecule has 1 aromatic heterocycles. The Morgan fingerprint density at radius 2 is 2.12 bits per heavy atom. The van der Waals surface area contributed by atoms with E-state index in [2.05, 4.69) is 20.8 Å². The van der Waals surface area contributed by atoms with Crippen LogP contribution in [0.15, 0.2) is 42.5 Å². The first-order valence-electron chi connectivity index (χ1n) is 7.87. The zero-order valence-electron chi connectivity index (χ0n) is 14.1. The van der Waals surface area contributed by atoms with Crippen LogP contribution >= 0.6 is 0 Å². The van der Waals surface area contributed by atoms with E-state index in [0.717, 1.165) is 0 Å². The third-order valence-electron chi connectivity index (χ3n) is 3.21. The molecule has 1 atom stereocenters. The number of nitrogens with zero attached hydrogens (tertiary/aromatic N) is 2. The summed E-state index contributed by atoms with van der Waals surface area (Å²) in [6, 6.07) is 1.57. The number of carbonyl (C=O) groups is 2. The molecule has 0 aliphatic rings. The minimum absolute atomic E-state index is 0.237. The molecule has 2 amide bonds. The smallest absolute Gasteiger partial charge is 0.253 e. The third kappa shape index (κ3) is 7.44. The first-order chi connectivity index (χ1) is 12.1. The van der Waals surface area contributed by atoms with Crippen LogP contribution in [0, 0.1) is 0 Å². The van der Waals surface area contributed by atoms with Crippen LogP contribution in [0.4, 0.5) is 0 Å². The molecule has 0 aromatic carbocycles. The van der Waals surface area contributed by atoms with Gasteiger partial charge in [-0.2, -0.15) is 10.2 Å². The summed E-state index contributed by atoms with van der Waals surface area (Å²) in [7, 11) is 0. The van der Waals surface area contributed by atoms with E-state index in [1.165, 1.54) is 30.9 Å². The van der Waals surface area contributed by atoms with E-state index in [-0.39, 0.29) is 23.5 Å². The number of hydrogen-bond acceptors (Lipinski definition) is 7. The summed E-state index contributed by atoms with van der Waals surface area (Å²) in [5, 5.41) is 12.8. The van der Waals surface area contributed by atoms with Crippen molar-refractivity contribution in [3.8, 4) is 0 Å². The van der Waals surface area contributed by atoms with E-state index in [0.29, 0.717) is 31.7 Å². The SMILES string of the molecule is CCOC(CCNC(=O)C(/C=C\N)=C/N)CNC(=O)c1ccnnc1. The second-order valence-electron chi connectivity index (χ2n) is 4.94. The van der Waals surface area contributed by atoms with Crippen molar-refractivity contribution < 1.29 is 14.3 Å². The monoisotopic (exact) mass is 348 g/mol. The Morgan fingerprint density at radius 3 is 2.72 bits per heavy atom. The van der Waals surface area contributed by atoms with Gasteiger partial charge in [0, 0.05) is 25.9 Å². The predicted octanol–water partition coefficient (Wildman–Crippen LogP) is -0.567. The molecule has 0 fully saturated rings. The molecular formula is C16H24N6O3. The zero-order chi connectivity index (χ0) is 18.5. The van der Waals surface area contributed by atoms with Crippen molar-refractivity contribution in [1.82, 2.24) is 20.8 Å². The molecule has 0 aliphatic heterocycles. The standard InChI is InChI=1S/C16H24N6O3/c1-2-25-14(5-7-19-15(23)12(9-18)3-6-17)11-20-16(24)13-4-8-21-22-10-13/h3-4,6,8-10,14H,2,5,7,11,17-18H2,1H3,(H,19,23)(H,20,24)/b6-3-,12-9+. The van der Waals surface area contributed by atoms with Gasteiger partial charge < -0.3 is 26.8 Å². The number of nitrogens with one attached hydrogen (secondary N) is 2. The first-order valence-corrected chi connectivity index (χ1v) is 7.87. The Morgan fingerprint density at radius 1 is 1.32 bits per heavy atom. The van der Waals surface area contributed by atoms with Crippen molar-refractivity contribution in [2.24, 2.45) is 11.5 Å². The fraction of sp³-hybridized carbons (Fsp3) is 0.375. The lowest BCUT2D eigenvalue weighted by Crippen LogP contribution is -2.36. The van der Waals surface area contributed by atoms with Gasteiger partial charge in [0.05, 0.1) is 29.6 Å². The van der Waals surface area contributed by atoms with Gasteiger partial charge in [0.25, 0.3) is 11.8 Å². The van der Waals surface area contributed by atoms with Crippen LogP contribution in [0.25, 0.3) is 0 Å². The molecule has 25 heavy (non-hydrogen) atoms. The molecule has 0 saturated carbocycles. The van der Waals surface area contributed by atoms with E-state index >= 15 is 0 Å². The third-order valence-corrected chi connectivity index (χ3v) is 3.21. The number of nitrogens with two attached hydrogens (primary N) is 2. The zero-order valence-corrected chi connectivity index (χ0v) is 14.1. The van der Waals surface area contributed by atoms with Crippen molar-refractivity contribution in [3.05, 3.63) is 48.1 Å². The quantitative estimate of drug-likeness (QED) is 0.327. The van der Waals surface area contributed by atoms with Gasteiger partial charge in [-0.05, 0) is 31.7 Å². The van der Waals surface area contributed by atoms with E-state index < -0.39 is 0 Å². The lowest BCUT2D eigenvalue weighted by molar-refractivity contribution is -0.117. The highest BCUT2D eigenvalue weighted by molar-refractivity contribution is 5.96. The van der Waals surface area contributed by atoms with Crippen LogP contribution in [0.1, 0.15) is 23.7 Å². The Bertz CT molecular complexity index is 603. The molecule has 1 rings (SSSR count). The first kappa shape index (κ1) is 20.1. The second kappa shape index (κ2) is 11.6. The van der Waals surface area contributed by atoms with Crippen LogP contribution in [-0.2, 0) is 9.53 Å². The molecule has 9 nitrogen and oxygen atoms in total. The summed E-state index contributed by atoms with van der Waals surface area (Å²) < 4.78 is 5.58. The van der Waals surface area contributed by atoms with Gasteiger partial charge >= 0.3 is 0 Å². The van der Waals surface area contributed by atoms with Gasteiger partial charge in [-0.3, -0.25) is 9.59 Å². The summed E-state index contributed by atoms with van der Waals surface area (Å²) in [5.41, 5.74) is 11.3. The van der Waals surface area contributed by atoms with Crippen LogP contribution in [-0.4, -0.2) is 47.8 Å². The number of carbonyl (C=O) groups excluding carboxylic acids is 2. The molecule has 1 unspecified atom stereocenters. The highest BCUT2D eigenvalue weighted by atomic mass is 16.5. The minimum atomic E-state index is -0.327. The Balaban J connectivity index is 2.44. The maximum Gasteiger partial charge on any atom is 0.253 e. The number of amides is 2.